The van der Waals surface area contributed by atoms with E-state index in [0.717, 1.165) is 12.8 Å². The molecule has 0 aromatic carbocycles. The van der Waals surface area contributed by atoms with Crippen molar-refractivity contribution < 1.29 is 10.0 Å². The molecular weight excluding hydrogens is 182 g/mol. The lowest BCUT2D eigenvalue weighted by Crippen LogP contribution is -2.38. The monoisotopic (exact) mass is 197 g/mol. The van der Waals surface area contributed by atoms with Gasteiger partial charge in [0.25, 0.3) is 5.91 Å². The Bertz CT molecular complexity index is 123. The largest absolute Gasteiger partial charge is 0.330 e. The molecule has 0 heterocycles. The predicted molar refractivity (Wildman–Crippen MR) is 48.1 cm³/mol. The Morgan fingerprint density at radius 2 is 2.08 bits per heavy atom. The van der Waals surface area contributed by atoms with E-state index in [4.69, 9.17) is 16.7 Å². The van der Waals surface area contributed by atoms with Crippen molar-refractivity contribution in [1.82, 2.24) is 5.48 Å². The Morgan fingerprint density at radius 3 is 2.50 bits per heavy atom. The molecule has 74 valence electrons. The van der Waals surface area contributed by atoms with Crippen molar-refractivity contribution in [2.45, 2.75) is 25.3 Å². The van der Waals surface area contributed by atoms with Crippen molar-refractivity contribution in [3.63, 3.8) is 0 Å². The highest BCUT2D eigenvalue weighted by Crippen LogP contribution is 1.96. The molecule has 1 amide bonds. The second kappa shape index (κ2) is 8.73. The Kier molecular flexibility index (Phi) is 10.3. The number of unbranched alkanes of at least 4 members (excludes halogenated alkanes) is 1. The number of nitrogens with two attached hydrogens (primary N) is 2. The number of hydrogen-bond donors (Lipinski definition) is 4. The van der Waals surface area contributed by atoms with Crippen LogP contribution in [0.2, 0.25) is 0 Å². The van der Waals surface area contributed by atoms with E-state index in [0.29, 0.717) is 13.0 Å². The molecule has 0 unspecified atom stereocenters. The summed E-state index contributed by atoms with van der Waals surface area (Å²) in [6.07, 6.45) is 2.22. The molecule has 0 aliphatic rings. The molecule has 0 bridgehead atoms. The summed E-state index contributed by atoms with van der Waals surface area (Å²) < 4.78 is 0. The van der Waals surface area contributed by atoms with Gasteiger partial charge in [-0.05, 0) is 19.4 Å². The molecule has 0 rings (SSSR count). The summed E-state index contributed by atoms with van der Waals surface area (Å²) in [5.74, 6) is -0.540. The van der Waals surface area contributed by atoms with Gasteiger partial charge < -0.3 is 11.5 Å². The van der Waals surface area contributed by atoms with Crippen LogP contribution >= 0.6 is 12.4 Å². The van der Waals surface area contributed by atoms with Gasteiger partial charge in [-0.2, -0.15) is 0 Å². The fourth-order valence-electron chi connectivity index (χ4n) is 0.723. The lowest BCUT2D eigenvalue weighted by molar-refractivity contribution is -0.130. The van der Waals surface area contributed by atoms with Gasteiger partial charge in [0, 0.05) is 0 Å². The molecule has 0 aromatic rings. The lowest BCUT2D eigenvalue weighted by Gasteiger charge is -2.07. The first-order chi connectivity index (χ1) is 5.22. The van der Waals surface area contributed by atoms with Gasteiger partial charge in [-0.15, -0.1) is 12.4 Å². The first-order valence-corrected chi connectivity index (χ1v) is 3.62. The molecule has 0 saturated heterocycles. The predicted octanol–water partition coefficient (Wildman–Crippen LogP) is -0.630. The SMILES string of the molecule is Cl.NCCCC[C@@H](N)C(=O)NO. The molecule has 6 N–H and O–H groups in total. The number of rotatable bonds is 5. The maximum absolute atomic E-state index is 10.6. The molecule has 6 heteroatoms. The zero-order chi connectivity index (χ0) is 8.69. The van der Waals surface area contributed by atoms with Crippen LogP contribution in [0.3, 0.4) is 0 Å². The minimum absolute atomic E-state index is 0. The summed E-state index contributed by atoms with van der Waals surface area (Å²) >= 11 is 0. The highest BCUT2D eigenvalue weighted by molar-refractivity contribution is 5.85. The quantitative estimate of drug-likeness (QED) is 0.268. The van der Waals surface area contributed by atoms with Crippen LogP contribution in [0.15, 0.2) is 0 Å². The van der Waals surface area contributed by atoms with Gasteiger partial charge in [0.1, 0.15) is 0 Å². The second-order valence-electron chi connectivity index (χ2n) is 2.37. The Balaban J connectivity index is 0. The van der Waals surface area contributed by atoms with Crippen molar-refractivity contribution in [3.05, 3.63) is 0 Å². The minimum atomic E-state index is -0.619. The number of nitrogens with one attached hydrogen (secondary N) is 1. The first kappa shape index (κ1) is 14.2. The standard InChI is InChI=1S/C6H15N3O2.ClH/c7-4-2-1-3-5(8)6(10)9-11;/h5,11H,1-4,7-8H2,(H,9,10);1H/t5-;/m1./s1. The van der Waals surface area contributed by atoms with Crippen LogP contribution in [-0.2, 0) is 4.79 Å². The van der Waals surface area contributed by atoms with Gasteiger partial charge in [0.2, 0.25) is 0 Å². The van der Waals surface area contributed by atoms with Gasteiger partial charge in [-0.3, -0.25) is 10.0 Å². The Morgan fingerprint density at radius 1 is 1.50 bits per heavy atom. The molecule has 0 aromatic heterocycles. The van der Waals surface area contributed by atoms with Crippen LogP contribution in [-0.4, -0.2) is 23.7 Å². The number of carbonyl (C=O) groups is 1. The number of amides is 1. The molecule has 0 aliphatic carbocycles. The molecule has 5 nitrogen and oxygen atoms in total. The van der Waals surface area contributed by atoms with E-state index in [1.807, 2.05) is 0 Å². The molecule has 0 spiro atoms. The third-order valence-electron chi connectivity index (χ3n) is 1.42. The Hall–Kier alpha value is -0.360. The first-order valence-electron chi connectivity index (χ1n) is 3.62. The number of hydroxylamine groups is 1. The molecule has 0 fully saturated rings. The smallest absolute Gasteiger partial charge is 0.260 e. The molecule has 0 saturated carbocycles. The van der Waals surface area contributed by atoms with Crippen LogP contribution < -0.4 is 16.9 Å². The maximum Gasteiger partial charge on any atom is 0.260 e. The zero-order valence-electron chi connectivity index (χ0n) is 6.82. The van der Waals surface area contributed by atoms with Crippen molar-refractivity contribution >= 4 is 18.3 Å². The summed E-state index contributed by atoms with van der Waals surface area (Å²) in [6, 6.07) is -0.619. The highest BCUT2D eigenvalue weighted by Gasteiger charge is 2.10. The molecule has 1 atom stereocenters. The van der Waals surface area contributed by atoms with Crippen molar-refractivity contribution in [1.29, 1.82) is 0 Å². The van der Waals surface area contributed by atoms with Gasteiger partial charge in [-0.1, -0.05) is 6.42 Å². The van der Waals surface area contributed by atoms with Crippen molar-refractivity contribution in [3.8, 4) is 0 Å². The van der Waals surface area contributed by atoms with E-state index in [2.05, 4.69) is 0 Å². The number of halogens is 1. The lowest BCUT2D eigenvalue weighted by atomic mass is 10.1. The Labute approximate surface area is 77.9 Å². The van der Waals surface area contributed by atoms with Gasteiger partial charge >= 0.3 is 0 Å². The maximum atomic E-state index is 10.6. The third-order valence-corrected chi connectivity index (χ3v) is 1.42. The van der Waals surface area contributed by atoms with E-state index < -0.39 is 11.9 Å². The molecule has 12 heavy (non-hydrogen) atoms. The van der Waals surface area contributed by atoms with Crippen LogP contribution in [0.1, 0.15) is 19.3 Å². The number of hydrogen-bond acceptors (Lipinski definition) is 4. The summed E-state index contributed by atoms with van der Waals surface area (Å²) in [5.41, 5.74) is 12.1. The fraction of sp³-hybridized carbons (Fsp3) is 0.833. The van der Waals surface area contributed by atoms with Gasteiger partial charge in [0.05, 0.1) is 6.04 Å². The molecule has 0 aliphatic heterocycles. The zero-order valence-corrected chi connectivity index (χ0v) is 7.64. The summed E-state index contributed by atoms with van der Waals surface area (Å²) in [4.78, 5) is 10.6. The highest BCUT2D eigenvalue weighted by atomic mass is 35.5. The van der Waals surface area contributed by atoms with Crippen LogP contribution in [0, 0.1) is 0 Å². The van der Waals surface area contributed by atoms with Gasteiger partial charge in [-0.25, -0.2) is 5.48 Å². The summed E-state index contributed by atoms with van der Waals surface area (Å²) in [6.45, 7) is 0.605. The van der Waals surface area contributed by atoms with E-state index in [1.165, 1.54) is 5.48 Å². The number of carbonyl (C=O) groups excluding carboxylic acids is 1. The average molecular weight is 198 g/mol. The second-order valence-corrected chi connectivity index (χ2v) is 2.37. The van der Waals surface area contributed by atoms with E-state index in [9.17, 15) is 4.79 Å². The van der Waals surface area contributed by atoms with Crippen LogP contribution in [0.4, 0.5) is 0 Å². The normalized spacial score (nSPS) is 11.6. The van der Waals surface area contributed by atoms with E-state index in [1.54, 1.807) is 0 Å². The minimum Gasteiger partial charge on any atom is -0.330 e. The van der Waals surface area contributed by atoms with Crippen molar-refractivity contribution in [2.75, 3.05) is 6.54 Å². The van der Waals surface area contributed by atoms with Gasteiger partial charge in [0.15, 0.2) is 0 Å². The molecular formula is C6H16ClN3O2. The molecule has 0 radical (unpaired) electrons. The summed E-state index contributed by atoms with van der Waals surface area (Å²) in [5, 5.41) is 8.16. The topological polar surface area (TPSA) is 101 Å². The fourth-order valence-corrected chi connectivity index (χ4v) is 0.723. The van der Waals surface area contributed by atoms with Crippen LogP contribution in [0.5, 0.6) is 0 Å². The third kappa shape index (κ3) is 6.36. The van der Waals surface area contributed by atoms with Crippen LogP contribution in [0.25, 0.3) is 0 Å². The van der Waals surface area contributed by atoms with E-state index in [-0.39, 0.29) is 12.4 Å². The summed E-state index contributed by atoms with van der Waals surface area (Å²) in [7, 11) is 0. The van der Waals surface area contributed by atoms with E-state index >= 15 is 0 Å². The average Bonchev–Trinajstić information content (AvgIpc) is 2.03. The van der Waals surface area contributed by atoms with Crippen molar-refractivity contribution in [2.24, 2.45) is 11.5 Å².